The zero-order chi connectivity index (χ0) is 12.5. The second kappa shape index (κ2) is 7.98. The van der Waals surface area contributed by atoms with E-state index in [-0.39, 0.29) is 0 Å². The van der Waals surface area contributed by atoms with Gasteiger partial charge in [0.25, 0.3) is 0 Å². The summed E-state index contributed by atoms with van der Waals surface area (Å²) in [5.41, 5.74) is 1.14. The highest BCUT2D eigenvalue weighted by atomic mass is 35.5. The molecule has 0 aromatic heterocycles. The van der Waals surface area contributed by atoms with Gasteiger partial charge in [0.2, 0.25) is 0 Å². The van der Waals surface area contributed by atoms with Crippen LogP contribution in [-0.4, -0.2) is 20.3 Å². The molecular formula is C13H18ClNO2. The van der Waals surface area contributed by atoms with Crippen molar-refractivity contribution in [2.75, 3.05) is 20.3 Å². The highest BCUT2D eigenvalue weighted by molar-refractivity contribution is 6.32. The van der Waals surface area contributed by atoms with Gasteiger partial charge in [-0.2, -0.15) is 0 Å². The Labute approximate surface area is 107 Å². The van der Waals surface area contributed by atoms with Crippen LogP contribution >= 0.6 is 11.6 Å². The zero-order valence-electron chi connectivity index (χ0n) is 10.0. The number of hydrogen-bond acceptors (Lipinski definition) is 3. The van der Waals surface area contributed by atoms with Crippen LogP contribution in [0.2, 0.25) is 5.02 Å². The molecule has 3 nitrogen and oxygen atoms in total. The van der Waals surface area contributed by atoms with Gasteiger partial charge in [0, 0.05) is 6.54 Å². The molecule has 0 aliphatic carbocycles. The Balaban J connectivity index is 2.27. The first kappa shape index (κ1) is 13.9. The summed E-state index contributed by atoms with van der Waals surface area (Å²) in [5, 5.41) is 3.95. The van der Waals surface area contributed by atoms with Crippen molar-refractivity contribution in [1.29, 1.82) is 0 Å². The predicted molar refractivity (Wildman–Crippen MR) is 70.5 cm³/mol. The fourth-order valence-electron chi connectivity index (χ4n) is 1.42. The summed E-state index contributed by atoms with van der Waals surface area (Å²) in [6, 6.07) is 5.78. The molecule has 0 fully saturated rings. The average molecular weight is 256 g/mol. The van der Waals surface area contributed by atoms with Crippen molar-refractivity contribution in [1.82, 2.24) is 5.32 Å². The Bertz CT molecular complexity index is 355. The van der Waals surface area contributed by atoms with E-state index in [2.05, 4.69) is 11.9 Å². The minimum Gasteiger partial charge on any atom is -0.502 e. The van der Waals surface area contributed by atoms with Gasteiger partial charge in [-0.1, -0.05) is 24.2 Å². The van der Waals surface area contributed by atoms with E-state index in [1.54, 1.807) is 7.11 Å². The normalized spacial score (nSPS) is 10.0. The van der Waals surface area contributed by atoms with Gasteiger partial charge in [-0.3, -0.25) is 0 Å². The van der Waals surface area contributed by atoms with Crippen molar-refractivity contribution >= 4 is 11.6 Å². The molecule has 0 unspecified atom stereocenters. The summed E-state index contributed by atoms with van der Waals surface area (Å²) in [6.45, 7) is 5.87. The summed E-state index contributed by atoms with van der Waals surface area (Å²) in [7, 11) is 1.61. The molecule has 0 saturated heterocycles. The summed E-state index contributed by atoms with van der Waals surface area (Å²) in [5.74, 6) is 0.704. The van der Waals surface area contributed by atoms with Crippen molar-refractivity contribution < 1.29 is 9.47 Å². The molecule has 0 spiro atoms. The fraction of sp³-hybridized carbons (Fsp3) is 0.385. The zero-order valence-corrected chi connectivity index (χ0v) is 10.8. The van der Waals surface area contributed by atoms with Crippen LogP contribution in [0.4, 0.5) is 0 Å². The maximum atomic E-state index is 6.03. The van der Waals surface area contributed by atoms with Gasteiger partial charge in [-0.05, 0) is 30.7 Å². The van der Waals surface area contributed by atoms with Gasteiger partial charge in [0.1, 0.15) is 5.75 Å². The van der Waals surface area contributed by atoms with Crippen molar-refractivity contribution in [3.63, 3.8) is 0 Å². The van der Waals surface area contributed by atoms with Crippen LogP contribution in [0.3, 0.4) is 0 Å². The third kappa shape index (κ3) is 5.11. The molecule has 1 N–H and O–H groups in total. The number of halogens is 1. The number of nitrogens with one attached hydrogen (secondary N) is 1. The largest absolute Gasteiger partial charge is 0.502 e. The molecule has 0 heterocycles. The van der Waals surface area contributed by atoms with Crippen molar-refractivity contribution in [2.45, 2.75) is 13.0 Å². The third-order valence-corrected chi connectivity index (χ3v) is 2.57. The SMILES string of the molecule is C=COCCCNCc1ccc(OC)c(Cl)c1. The van der Waals surface area contributed by atoms with E-state index in [4.69, 9.17) is 21.1 Å². The lowest BCUT2D eigenvalue weighted by Gasteiger charge is -2.07. The van der Waals surface area contributed by atoms with E-state index in [1.165, 1.54) is 6.26 Å². The Morgan fingerprint density at radius 2 is 2.29 bits per heavy atom. The van der Waals surface area contributed by atoms with Crippen LogP contribution in [0.15, 0.2) is 31.0 Å². The topological polar surface area (TPSA) is 30.5 Å². The molecule has 17 heavy (non-hydrogen) atoms. The summed E-state index contributed by atoms with van der Waals surface area (Å²) < 4.78 is 10.1. The first-order valence-electron chi connectivity index (χ1n) is 5.53. The standard InChI is InChI=1S/C13H18ClNO2/c1-3-17-8-4-7-15-10-11-5-6-13(16-2)12(14)9-11/h3,5-6,9,15H,1,4,7-8,10H2,2H3. The van der Waals surface area contributed by atoms with Crippen molar-refractivity contribution in [2.24, 2.45) is 0 Å². The van der Waals surface area contributed by atoms with Crippen molar-refractivity contribution in [3.05, 3.63) is 41.6 Å². The summed E-state index contributed by atoms with van der Waals surface area (Å²) in [4.78, 5) is 0. The third-order valence-electron chi connectivity index (χ3n) is 2.28. The molecule has 94 valence electrons. The van der Waals surface area contributed by atoms with Crippen LogP contribution in [0, 0.1) is 0 Å². The highest BCUT2D eigenvalue weighted by Gasteiger charge is 2.01. The summed E-state index contributed by atoms with van der Waals surface area (Å²) in [6.07, 6.45) is 2.42. The van der Waals surface area contributed by atoms with Gasteiger partial charge >= 0.3 is 0 Å². The maximum Gasteiger partial charge on any atom is 0.137 e. The molecular weight excluding hydrogens is 238 g/mol. The Morgan fingerprint density at radius 1 is 1.47 bits per heavy atom. The van der Waals surface area contributed by atoms with E-state index in [1.807, 2.05) is 18.2 Å². The second-order valence-corrected chi connectivity index (χ2v) is 3.94. The molecule has 1 aromatic rings. The first-order chi connectivity index (χ1) is 8.27. The van der Waals surface area contributed by atoms with Crippen molar-refractivity contribution in [3.8, 4) is 5.75 Å². The lowest BCUT2D eigenvalue weighted by molar-refractivity contribution is 0.244. The van der Waals surface area contributed by atoms with Gasteiger partial charge < -0.3 is 14.8 Å². The van der Waals surface area contributed by atoms with E-state index < -0.39 is 0 Å². The maximum absolute atomic E-state index is 6.03. The lowest BCUT2D eigenvalue weighted by atomic mass is 10.2. The van der Waals surface area contributed by atoms with Gasteiger partial charge in [-0.15, -0.1) is 0 Å². The minimum absolute atomic E-state index is 0.641. The molecule has 0 bridgehead atoms. The Hall–Kier alpha value is -1.19. The smallest absolute Gasteiger partial charge is 0.137 e. The monoisotopic (exact) mass is 255 g/mol. The van der Waals surface area contributed by atoms with E-state index >= 15 is 0 Å². The average Bonchev–Trinajstić information content (AvgIpc) is 2.34. The predicted octanol–water partition coefficient (Wildman–Crippen LogP) is 2.99. The van der Waals surface area contributed by atoms with E-state index in [9.17, 15) is 0 Å². The Morgan fingerprint density at radius 3 is 2.94 bits per heavy atom. The van der Waals surface area contributed by atoms with E-state index in [0.29, 0.717) is 17.4 Å². The molecule has 0 aliphatic rings. The fourth-order valence-corrected chi connectivity index (χ4v) is 1.70. The van der Waals surface area contributed by atoms with Crippen LogP contribution in [-0.2, 0) is 11.3 Å². The van der Waals surface area contributed by atoms with Gasteiger partial charge in [-0.25, -0.2) is 0 Å². The molecule has 0 amide bonds. The van der Waals surface area contributed by atoms with Crippen LogP contribution in [0.1, 0.15) is 12.0 Å². The summed E-state index contributed by atoms with van der Waals surface area (Å²) >= 11 is 6.03. The number of methoxy groups -OCH3 is 1. The highest BCUT2D eigenvalue weighted by Crippen LogP contribution is 2.24. The van der Waals surface area contributed by atoms with E-state index in [0.717, 1.165) is 25.1 Å². The molecule has 0 atom stereocenters. The first-order valence-corrected chi connectivity index (χ1v) is 5.91. The Kier molecular flexibility index (Phi) is 6.51. The van der Waals surface area contributed by atoms with Gasteiger partial charge in [0.15, 0.2) is 0 Å². The number of hydrogen-bond donors (Lipinski definition) is 1. The minimum atomic E-state index is 0.641. The number of rotatable bonds is 8. The molecule has 4 heteroatoms. The molecule has 1 rings (SSSR count). The number of ether oxygens (including phenoxy) is 2. The van der Waals surface area contributed by atoms with Crippen LogP contribution < -0.4 is 10.1 Å². The molecule has 0 saturated carbocycles. The molecule has 0 aliphatic heterocycles. The number of benzene rings is 1. The lowest BCUT2D eigenvalue weighted by Crippen LogP contribution is -2.15. The molecule has 0 radical (unpaired) electrons. The molecule has 1 aromatic carbocycles. The second-order valence-electron chi connectivity index (χ2n) is 3.54. The van der Waals surface area contributed by atoms with Gasteiger partial charge in [0.05, 0.1) is 25.0 Å². The van der Waals surface area contributed by atoms with Crippen LogP contribution in [0.5, 0.6) is 5.75 Å². The van der Waals surface area contributed by atoms with Crippen LogP contribution in [0.25, 0.3) is 0 Å². The quantitative estimate of drug-likeness (QED) is 0.572.